The molecule has 1 fully saturated rings. The first-order chi connectivity index (χ1) is 9.76. The van der Waals surface area contributed by atoms with E-state index in [0.717, 1.165) is 31.7 Å². The summed E-state index contributed by atoms with van der Waals surface area (Å²) in [5.74, 6) is 0.801. The quantitative estimate of drug-likeness (QED) is 0.840. The molecule has 1 aliphatic heterocycles. The molecule has 5 heteroatoms. The van der Waals surface area contributed by atoms with Gasteiger partial charge in [0.1, 0.15) is 23.4 Å². The first kappa shape index (κ1) is 12.5. The van der Waals surface area contributed by atoms with Gasteiger partial charge in [0.05, 0.1) is 0 Å². The Hall–Kier alpha value is -2.48. The van der Waals surface area contributed by atoms with Crippen LogP contribution < -0.4 is 4.90 Å². The zero-order chi connectivity index (χ0) is 13.9. The number of hydrogen-bond donors (Lipinski definition) is 0. The van der Waals surface area contributed by atoms with E-state index < -0.39 is 0 Å². The molecule has 0 unspecified atom stereocenters. The van der Waals surface area contributed by atoms with Crippen LogP contribution in [0.2, 0.25) is 0 Å². The summed E-state index contributed by atoms with van der Waals surface area (Å²) in [5.41, 5.74) is 0.892. The number of hydrogen-bond acceptors (Lipinski definition) is 4. The standard InChI is InChI=1S/C15H13FN4/c16-12-5-3-4-11(8-12)15-18-13(10-17)9-14(19-15)20-6-1-2-7-20/h3-5,8-9H,1-2,6-7H2. The maximum atomic E-state index is 13.3. The van der Waals surface area contributed by atoms with Crippen LogP contribution in [0.5, 0.6) is 0 Å². The van der Waals surface area contributed by atoms with E-state index in [1.807, 2.05) is 6.07 Å². The summed E-state index contributed by atoms with van der Waals surface area (Å²) < 4.78 is 13.3. The first-order valence-electron chi connectivity index (χ1n) is 6.56. The lowest BCUT2D eigenvalue weighted by Crippen LogP contribution is -2.19. The van der Waals surface area contributed by atoms with Gasteiger partial charge in [-0.1, -0.05) is 12.1 Å². The third-order valence-electron chi connectivity index (χ3n) is 3.34. The van der Waals surface area contributed by atoms with E-state index in [1.54, 1.807) is 18.2 Å². The van der Waals surface area contributed by atoms with Gasteiger partial charge < -0.3 is 4.90 Å². The summed E-state index contributed by atoms with van der Waals surface area (Å²) in [6.45, 7) is 1.87. The molecule has 0 atom stereocenters. The first-order valence-corrected chi connectivity index (χ1v) is 6.56. The molecule has 2 aromatic rings. The molecule has 1 aromatic carbocycles. The van der Waals surface area contributed by atoms with Gasteiger partial charge in [-0.05, 0) is 25.0 Å². The minimum Gasteiger partial charge on any atom is -0.356 e. The Balaban J connectivity index is 2.06. The molecule has 1 saturated heterocycles. The van der Waals surface area contributed by atoms with E-state index in [4.69, 9.17) is 5.26 Å². The van der Waals surface area contributed by atoms with Gasteiger partial charge in [0.2, 0.25) is 0 Å². The minimum atomic E-state index is -0.337. The maximum absolute atomic E-state index is 13.3. The molecule has 0 amide bonds. The van der Waals surface area contributed by atoms with Crippen molar-refractivity contribution >= 4 is 5.82 Å². The molecule has 0 bridgehead atoms. The zero-order valence-electron chi connectivity index (χ0n) is 10.9. The fraction of sp³-hybridized carbons (Fsp3) is 0.267. The van der Waals surface area contributed by atoms with Crippen molar-refractivity contribution in [2.75, 3.05) is 18.0 Å². The molecular formula is C15H13FN4. The Kier molecular flexibility index (Phi) is 3.30. The zero-order valence-corrected chi connectivity index (χ0v) is 10.9. The van der Waals surface area contributed by atoms with Crippen LogP contribution >= 0.6 is 0 Å². The number of anilines is 1. The van der Waals surface area contributed by atoms with E-state index in [2.05, 4.69) is 14.9 Å². The van der Waals surface area contributed by atoms with Gasteiger partial charge in [0.15, 0.2) is 5.82 Å². The molecule has 0 radical (unpaired) electrons. The Bertz CT molecular complexity index is 672. The largest absolute Gasteiger partial charge is 0.356 e. The van der Waals surface area contributed by atoms with Crippen LogP contribution in [0.4, 0.5) is 10.2 Å². The lowest BCUT2D eigenvalue weighted by Gasteiger charge is -2.17. The Labute approximate surface area is 116 Å². The van der Waals surface area contributed by atoms with Crippen molar-refractivity contribution in [3.63, 3.8) is 0 Å². The molecule has 0 aliphatic carbocycles. The van der Waals surface area contributed by atoms with Crippen molar-refractivity contribution in [3.05, 3.63) is 41.8 Å². The van der Waals surface area contributed by atoms with Crippen LogP contribution in [0.1, 0.15) is 18.5 Å². The molecular weight excluding hydrogens is 255 g/mol. The number of benzene rings is 1. The van der Waals surface area contributed by atoms with Crippen LogP contribution in [-0.2, 0) is 0 Å². The average Bonchev–Trinajstić information content (AvgIpc) is 3.01. The molecule has 4 nitrogen and oxygen atoms in total. The van der Waals surface area contributed by atoms with Gasteiger partial charge in [-0.3, -0.25) is 0 Å². The second-order valence-corrected chi connectivity index (χ2v) is 4.75. The predicted molar refractivity (Wildman–Crippen MR) is 73.6 cm³/mol. The second-order valence-electron chi connectivity index (χ2n) is 4.75. The number of nitriles is 1. The van der Waals surface area contributed by atoms with Crippen molar-refractivity contribution in [1.29, 1.82) is 5.26 Å². The molecule has 2 heterocycles. The van der Waals surface area contributed by atoms with Gasteiger partial charge in [0.25, 0.3) is 0 Å². The smallest absolute Gasteiger partial charge is 0.163 e. The minimum absolute atomic E-state index is 0.307. The third-order valence-corrected chi connectivity index (χ3v) is 3.34. The number of halogens is 1. The highest BCUT2D eigenvalue weighted by molar-refractivity contribution is 5.59. The highest BCUT2D eigenvalue weighted by Crippen LogP contribution is 2.23. The summed E-state index contributed by atoms with van der Waals surface area (Å²) in [6.07, 6.45) is 2.25. The Morgan fingerprint density at radius 3 is 2.65 bits per heavy atom. The van der Waals surface area contributed by atoms with E-state index in [0.29, 0.717) is 17.1 Å². The fourth-order valence-corrected chi connectivity index (χ4v) is 2.36. The topological polar surface area (TPSA) is 52.8 Å². The lowest BCUT2D eigenvalue weighted by molar-refractivity contribution is 0.628. The summed E-state index contributed by atoms with van der Waals surface area (Å²) in [4.78, 5) is 10.8. The van der Waals surface area contributed by atoms with E-state index in [1.165, 1.54) is 12.1 Å². The lowest BCUT2D eigenvalue weighted by atomic mass is 10.2. The molecule has 20 heavy (non-hydrogen) atoms. The highest BCUT2D eigenvalue weighted by atomic mass is 19.1. The molecule has 100 valence electrons. The molecule has 0 spiro atoms. The summed E-state index contributed by atoms with van der Waals surface area (Å²) in [6, 6.07) is 9.84. The van der Waals surface area contributed by atoms with Gasteiger partial charge in [-0.15, -0.1) is 0 Å². The normalized spacial score (nSPS) is 14.3. The molecule has 0 N–H and O–H groups in total. The average molecular weight is 268 g/mol. The van der Waals surface area contributed by atoms with E-state index in [9.17, 15) is 4.39 Å². The van der Waals surface area contributed by atoms with Crippen molar-refractivity contribution in [2.45, 2.75) is 12.8 Å². The van der Waals surface area contributed by atoms with E-state index >= 15 is 0 Å². The number of nitrogens with zero attached hydrogens (tertiary/aromatic N) is 4. The van der Waals surface area contributed by atoms with Crippen LogP contribution in [0.3, 0.4) is 0 Å². The van der Waals surface area contributed by atoms with Crippen molar-refractivity contribution in [1.82, 2.24) is 9.97 Å². The monoisotopic (exact) mass is 268 g/mol. The number of aromatic nitrogens is 2. The van der Waals surface area contributed by atoms with Crippen LogP contribution in [0.25, 0.3) is 11.4 Å². The van der Waals surface area contributed by atoms with Crippen LogP contribution in [0.15, 0.2) is 30.3 Å². The predicted octanol–water partition coefficient (Wildman–Crippen LogP) is 2.75. The van der Waals surface area contributed by atoms with Crippen molar-refractivity contribution in [2.24, 2.45) is 0 Å². The fourth-order valence-electron chi connectivity index (χ4n) is 2.36. The summed E-state index contributed by atoms with van der Waals surface area (Å²) in [5, 5.41) is 9.10. The SMILES string of the molecule is N#Cc1cc(N2CCCC2)nc(-c2cccc(F)c2)n1. The molecule has 0 saturated carbocycles. The summed E-state index contributed by atoms with van der Waals surface area (Å²) >= 11 is 0. The number of rotatable bonds is 2. The highest BCUT2D eigenvalue weighted by Gasteiger charge is 2.16. The van der Waals surface area contributed by atoms with Gasteiger partial charge in [-0.25, -0.2) is 14.4 Å². The molecule has 3 rings (SSSR count). The van der Waals surface area contributed by atoms with Crippen molar-refractivity contribution in [3.8, 4) is 17.5 Å². The third kappa shape index (κ3) is 2.45. The summed E-state index contributed by atoms with van der Waals surface area (Å²) in [7, 11) is 0. The second kappa shape index (κ2) is 5.25. The van der Waals surface area contributed by atoms with Crippen LogP contribution in [0, 0.1) is 17.1 Å². The van der Waals surface area contributed by atoms with E-state index in [-0.39, 0.29) is 5.82 Å². The molecule has 1 aromatic heterocycles. The van der Waals surface area contributed by atoms with Crippen molar-refractivity contribution < 1.29 is 4.39 Å². The van der Waals surface area contributed by atoms with Gasteiger partial charge >= 0.3 is 0 Å². The van der Waals surface area contributed by atoms with Crippen LogP contribution in [-0.4, -0.2) is 23.1 Å². The molecule has 1 aliphatic rings. The maximum Gasteiger partial charge on any atom is 0.163 e. The van der Waals surface area contributed by atoms with Gasteiger partial charge in [-0.2, -0.15) is 5.26 Å². The Morgan fingerprint density at radius 2 is 1.95 bits per heavy atom. The Morgan fingerprint density at radius 1 is 1.15 bits per heavy atom. The van der Waals surface area contributed by atoms with Gasteiger partial charge in [0, 0.05) is 24.7 Å².